The van der Waals surface area contributed by atoms with E-state index in [0.29, 0.717) is 18.0 Å². The Balaban J connectivity index is 1.61. The van der Waals surface area contributed by atoms with Crippen molar-refractivity contribution in [1.29, 1.82) is 0 Å². The number of rotatable bonds is 3. The van der Waals surface area contributed by atoms with E-state index in [4.69, 9.17) is 0 Å². The maximum absolute atomic E-state index is 12.3. The standard InChI is InChI=1S/C16H21N3O2/c1-17-12-4-6-13(7-5-12)18-16(21)11-3-2-10-9-15(20)19-14(10)8-11/h2-3,8,12-13,17H,4-7,9H2,1H3,(H,18,21)(H,19,20). The van der Waals surface area contributed by atoms with Gasteiger partial charge in [0.1, 0.15) is 0 Å². The Hall–Kier alpha value is -1.88. The van der Waals surface area contributed by atoms with Crippen molar-refractivity contribution in [2.24, 2.45) is 0 Å². The first kappa shape index (κ1) is 14.1. The molecule has 1 fully saturated rings. The first-order chi connectivity index (χ1) is 10.2. The van der Waals surface area contributed by atoms with Crippen LogP contribution in [0.4, 0.5) is 5.69 Å². The second kappa shape index (κ2) is 5.85. The minimum atomic E-state index is -0.0492. The molecule has 2 amide bonds. The first-order valence-corrected chi connectivity index (χ1v) is 7.56. The predicted molar refractivity (Wildman–Crippen MR) is 81.3 cm³/mol. The summed E-state index contributed by atoms with van der Waals surface area (Å²) >= 11 is 0. The summed E-state index contributed by atoms with van der Waals surface area (Å²) in [5.74, 6) is -0.0557. The zero-order chi connectivity index (χ0) is 14.8. The lowest BCUT2D eigenvalue weighted by Crippen LogP contribution is -2.41. The van der Waals surface area contributed by atoms with Crippen LogP contribution in [0.15, 0.2) is 18.2 Å². The molecule has 5 heteroatoms. The molecule has 3 N–H and O–H groups in total. The summed E-state index contributed by atoms with van der Waals surface area (Å²) in [6.07, 6.45) is 4.63. The highest BCUT2D eigenvalue weighted by molar-refractivity contribution is 6.02. The lowest BCUT2D eigenvalue weighted by Gasteiger charge is -2.28. The number of carbonyl (C=O) groups is 2. The van der Waals surface area contributed by atoms with Crippen molar-refractivity contribution in [3.05, 3.63) is 29.3 Å². The average Bonchev–Trinajstić information content (AvgIpc) is 2.87. The Morgan fingerprint density at radius 1 is 1.19 bits per heavy atom. The van der Waals surface area contributed by atoms with Gasteiger partial charge in [-0.15, -0.1) is 0 Å². The van der Waals surface area contributed by atoms with Gasteiger partial charge in [-0.3, -0.25) is 9.59 Å². The number of hydrogen-bond acceptors (Lipinski definition) is 3. The summed E-state index contributed by atoms with van der Waals surface area (Å²) in [4.78, 5) is 23.6. The third-order valence-corrected chi connectivity index (χ3v) is 4.47. The number of anilines is 1. The summed E-state index contributed by atoms with van der Waals surface area (Å²) in [5, 5.41) is 9.17. The van der Waals surface area contributed by atoms with E-state index < -0.39 is 0 Å². The first-order valence-electron chi connectivity index (χ1n) is 7.56. The number of carbonyl (C=O) groups excluding carboxylic acids is 2. The molecule has 0 radical (unpaired) electrons. The molecule has 1 aliphatic heterocycles. The quantitative estimate of drug-likeness (QED) is 0.788. The molecule has 5 nitrogen and oxygen atoms in total. The molecule has 1 aromatic rings. The van der Waals surface area contributed by atoms with E-state index in [0.717, 1.165) is 36.9 Å². The Morgan fingerprint density at radius 2 is 1.90 bits per heavy atom. The van der Waals surface area contributed by atoms with Crippen molar-refractivity contribution in [3.63, 3.8) is 0 Å². The fraction of sp³-hybridized carbons (Fsp3) is 0.500. The molecule has 0 atom stereocenters. The molecule has 0 bridgehead atoms. The van der Waals surface area contributed by atoms with Gasteiger partial charge >= 0.3 is 0 Å². The van der Waals surface area contributed by atoms with Crippen molar-refractivity contribution in [3.8, 4) is 0 Å². The Labute approximate surface area is 124 Å². The van der Waals surface area contributed by atoms with Gasteiger partial charge in [0.05, 0.1) is 6.42 Å². The van der Waals surface area contributed by atoms with Gasteiger partial charge in [0.2, 0.25) is 5.91 Å². The number of benzene rings is 1. The van der Waals surface area contributed by atoms with E-state index in [1.807, 2.05) is 13.1 Å². The molecular formula is C16H21N3O2. The van der Waals surface area contributed by atoms with Crippen LogP contribution in [0.3, 0.4) is 0 Å². The maximum Gasteiger partial charge on any atom is 0.251 e. The van der Waals surface area contributed by atoms with Gasteiger partial charge in [0, 0.05) is 23.3 Å². The molecule has 0 spiro atoms. The molecule has 1 heterocycles. The molecule has 1 aromatic carbocycles. The smallest absolute Gasteiger partial charge is 0.251 e. The van der Waals surface area contributed by atoms with Crippen molar-refractivity contribution in [1.82, 2.24) is 10.6 Å². The summed E-state index contributed by atoms with van der Waals surface area (Å²) in [6, 6.07) is 6.26. The summed E-state index contributed by atoms with van der Waals surface area (Å²) in [6.45, 7) is 0. The van der Waals surface area contributed by atoms with E-state index in [1.54, 1.807) is 12.1 Å². The van der Waals surface area contributed by atoms with Gasteiger partial charge in [0.15, 0.2) is 0 Å². The van der Waals surface area contributed by atoms with Gasteiger partial charge in [-0.1, -0.05) is 6.07 Å². The monoisotopic (exact) mass is 287 g/mol. The molecule has 2 aliphatic rings. The van der Waals surface area contributed by atoms with Crippen LogP contribution in [0.25, 0.3) is 0 Å². The normalized spacial score (nSPS) is 24.3. The number of hydrogen-bond donors (Lipinski definition) is 3. The van der Waals surface area contributed by atoms with E-state index in [-0.39, 0.29) is 17.9 Å². The summed E-state index contributed by atoms with van der Waals surface area (Å²) in [7, 11) is 1.99. The van der Waals surface area contributed by atoms with E-state index in [1.165, 1.54) is 0 Å². The topological polar surface area (TPSA) is 70.2 Å². The second-order valence-corrected chi connectivity index (χ2v) is 5.91. The summed E-state index contributed by atoms with van der Waals surface area (Å²) < 4.78 is 0. The van der Waals surface area contributed by atoms with Crippen molar-refractivity contribution in [2.75, 3.05) is 12.4 Å². The lowest BCUT2D eigenvalue weighted by atomic mass is 9.91. The molecule has 21 heavy (non-hydrogen) atoms. The fourth-order valence-electron chi connectivity index (χ4n) is 3.15. The van der Waals surface area contributed by atoms with Crippen molar-refractivity contribution in [2.45, 2.75) is 44.2 Å². The highest BCUT2D eigenvalue weighted by Crippen LogP contribution is 2.24. The number of nitrogens with one attached hydrogen (secondary N) is 3. The van der Waals surface area contributed by atoms with Crippen molar-refractivity contribution >= 4 is 17.5 Å². The van der Waals surface area contributed by atoms with Crippen LogP contribution in [0.5, 0.6) is 0 Å². The van der Waals surface area contributed by atoms with Crippen LogP contribution in [0, 0.1) is 0 Å². The molecule has 1 saturated carbocycles. The molecular weight excluding hydrogens is 266 g/mol. The lowest BCUT2D eigenvalue weighted by molar-refractivity contribution is -0.115. The minimum absolute atomic E-state index is 0.00653. The van der Waals surface area contributed by atoms with Gasteiger partial charge in [0.25, 0.3) is 5.91 Å². The Morgan fingerprint density at radius 3 is 2.62 bits per heavy atom. The highest BCUT2D eigenvalue weighted by atomic mass is 16.2. The maximum atomic E-state index is 12.3. The van der Waals surface area contributed by atoms with Crippen LogP contribution in [-0.2, 0) is 11.2 Å². The SMILES string of the molecule is CNC1CCC(NC(=O)c2ccc3c(c2)NC(=O)C3)CC1. The minimum Gasteiger partial charge on any atom is -0.349 e. The van der Waals surface area contributed by atoms with Crippen LogP contribution in [0.1, 0.15) is 41.6 Å². The molecule has 1 aliphatic carbocycles. The van der Waals surface area contributed by atoms with Crippen LogP contribution in [-0.4, -0.2) is 30.9 Å². The van der Waals surface area contributed by atoms with Gasteiger partial charge < -0.3 is 16.0 Å². The number of amides is 2. The largest absolute Gasteiger partial charge is 0.349 e. The molecule has 0 aromatic heterocycles. The van der Waals surface area contributed by atoms with Gasteiger partial charge in [-0.2, -0.15) is 0 Å². The Kier molecular flexibility index (Phi) is 3.92. The van der Waals surface area contributed by atoms with Crippen LogP contribution < -0.4 is 16.0 Å². The zero-order valence-electron chi connectivity index (χ0n) is 12.2. The molecule has 0 saturated heterocycles. The fourth-order valence-corrected chi connectivity index (χ4v) is 3.15. The Bertz CT molecular complexity index is 563. The molecule has 112 valence electrons. The zero-order valence-corrected chi connectivity index (χ0v) is 12.2. The van der Waals surface area contributed by atoms with Gasteiger partial charge in [-0.25, -0.2) is 0 Å². The van der Waals surface area contributed by atoms with Crippen molar-refractivity contribution < 1.29 is 9.59 Å². The predicted octanol–water partition coefficient (Wildman–Crippen LogP) is 1.44. The molecule has 3 rings (SSSR count). The van der Waals surface area contributed by atoms with E-state index >= 15 is 0 Å². The van der Waals surface area contributed by atoms with Gasteiger partial charge in [-0.05, 0) is 50.4 Å². The highest BCUT2D eigenvalue weighted by Gasteiger charge is 2.23. The average molecular weight is 287 g/mol. The van der Waals surface area contributed by atoms with Crippen LogP contribution >= 0.6 is 0 Å². The van der Waals surface area contributed by atoms with E-state index in [9.17, 15) is 9.59 Å². The third kappa shape index (κ3) is 3.08. The number of fused-ring (bicyclic) bond motifs is 1. The molecule has 0 unspecified atom stereocenters. The van der Waals surface area contributed by atoms with E-state index in [2.05, 4.69) is 16.0 Å². The second-order valence-electron chi connectivity index (χ2n) is 5.91. The summed E-state index contributed by atoms with van der Waals surface area (Å²) in [5.41, 5.74) is 2.35. The van der Waals surface area contributed by atoms with Crippen LogP contribution in [0.2, 0.25) is 0 Å². The third-order valence-electron chi connectivity index (χ3n) is 4.47.